The van der Waals surface area contributed by atoms with E-state index in [-0.39, 0.29) is 22.9 Å². The van der Waals surface area contributed by atoms with Crippen LogP contribution in [-0.2, 0) is 10.0 Å². The molecule has 11 heteroatoms. The zero-order chi connectivity index (χ0) is 25.9. The maximum Gasteiger partial charge on any atom is 0.263 e. The van der Waals surface area contributed by atoms with Crippen molar-refractivity contribution in [1.82, 2.24) is 5.16 Å². The number of rotatable bonds is 9. The van der Waals surface area contributed by atoms with Gasteiger partial charge >= 0.3 is 0 Å². The van der Waals surface area contributed by atoms with Crippen LogP contribution in [0.15, 0.2) is 82.2 Å². The van der Waals surface area contributed by atoms with Gasteiger partial charge in [0.2, 0.25) is 0 Å². The fraction of sp³-hybridized carbons (Fsp3) is 0.120. The van der Waals surface area contributed by atoms with Crippen molar-refractivity contribution in [2.45, 2.75) is 24.3 Å². The smallest absolute Gasteiger partial charge is 0.263 e. The highest BCUT2D eigenvalue weighted by molar-refractivity contribution is 7.92. The van der Waals surface area contributed by atoms with Crippen molar-refractivity contribution in [3.63, 3.8) is 0 Å². The van der Waals surface area contributed by atoms with Gasteiger partial charge in [-0.1, -0.05) is 52.1 Å². The minimum Gasteiger partial charge on any atom is -0.378 e. The number of carbonyl (C=O) groups excluding carboxylic acids is 1. The third kappa shape index (κ3) is 6.39. The molecule has 3 aromatic carbocycles. The predicted octanol–water partition coefficient (Wildman–Crippen LogP) is 7.17. The number of carbonyl (C=O) groups is 1. The summed E-state index contributed by atoms with van der Waals surface area (Å²) in [4.78, 5) is 13.1. The molecule has 1 atom stereocenters. The minimum atomic E-state index is -3.86. The van der Waals surface area contributed by atoms with Crippen LogP contribution in [0.4, 0.5) is 11.5 Å². The SMILES string of the molecule is Cc1cc(NS(=O)(=O)c2ccc(NC(CC(=O)c3ccc(Cl)c(Cl)c3)c3ccc(Cl)cc3)cc2)no1. The van der Waals surface area contributed by atoms with E-state index in [1.165, 1.54) is 24.3 Å². The van der Waals surface area contributed by atoms with E-state index in [0.29, 0.717) is 32.1 Å². The van der Waals surface area contributed by atoms with Crippen LogP contribution in [0.2, 0.25) is 15.1 Å². The molecule has 36 heavy (non-hydrogen) atoms. The molecule has 0 radical (unpaired) electrons. The summed E-state index contributed by atoms with van der Waals surface area (Å²) in [6.45, 7) is 1.66. The average molecular weight is 565 g/mol. The summed E-state index contributed by atoms with van der Waals surface area (Å²) >= 11 is 18.1. The molecule has 0 spiro atoms. The summed E-state index contributed by atoms with van der Waals surface area (Å²) in [5.41, 5.74) is 1.88. The van der Waals surface area contributed by atoms with Crippen LogP contribution < -0.4 is 10.0 Å². The number of hydrogen-bond donors (Lipinski definition) is 2. The van der Waals surface area contributed by atoms with E-state index >= 15 is 0 Å². The minimum absolute atomic E-state index is 0.0450. The summed E-state index contributed by atoms with van der Waals surface area (Å²) in [5, 5.41) is 8.19. The summed E-state index contributed by atoms with van der Waals surface area (Å²) in [6.07, 6.45) is 0.104. The van der Waals surface area contributed by atoms with Crippen LogP contribution in [0.25, 0.3) is 0 Å². The van der Waals surface area contributed by atoms with E-state index in [9.17, 15) is 13.2 Å². The predicted molar refractivity (Wildman–Crippen MR) is 142 cm³/mol. The van der Waals surface area contributed by atoms with Crippen LogP contribution in [0.5, 0.6) is 0 Å². The highest BCUT2D eigenvalue weighted by atomic mass is 35.5. The number of Topliss-reactive ketones (excluding diaryl/α,β-unsaturated/α-hetero) is 1. The van der Waals surface area contributed by atoms with Gasteiger partial charge in [-0.2, -0.15) is 0 Å². The van der Waals surface area contributed by atoms with E-state index < -0.39 is 16.1 Å². The fourth-order valence-corrected chi connectivity index (χ4v) is 4.87. The van der Waals surface area contributed by atoms with Crippen molar-refractivity contribution in [3.05, 3.63) is 105 Å². The van der Waals surface area contributed by atoms with Gasteiger partial charge in [0, 0.05) is 28.8 Å². The third-order valence-corrected chi connectivity index (χ3v) is 7.64. The fourth-order valence-electron chi connectivity index (χ4n) is 3.46. The second-order valence-electron chi connectivity index (χ2n) is 7.96. The quantitative estimate of drug-likeness (QED) is 0.209. The summed E-state index contributed by atoms with van der Waals surface area (Å²) in [7, 11) is -3.86. The van der Waals surface area contributed by atoms with Gasteiger partial charge in [0.1, 0.15) is 5.76 Å². The Hall–Kier alpha value is -3.04. The maximum absolute atomic E-state index is 13.0. The van der Waals surface area contributed by atoms with Crippen molar-refractivity contribution in [1.29, 1.82) is 0 Å². The molecule has 0 bridgehead atoms. The van der Waals surface area contributed by atoms with E-state index in [1.54, 1.807) is 43.3 Å². The lowest BCUT2D eigenvalue weighted by Crippen LogP contribution is -2.16. The number of nitrogens with one attached hydrogen (secondary N) is 2. The normalized spacial score (nSPS) is 12.2. The van der Waals surface area contributed by atoms with Crippen molar-refractivity contribution in [2.24, 2.45) is 0 Å². The van der Waals surface area contributed by atoms with Gasteiger partial charge in [-0.3, -0.25) is 9.52 Å². The first-order valence-corrected chi connectivity index (χ1v) is 13.3. The average Bonchev–Trinajstić information content (AvgIpc) is 3.25. The topological polar surface area (TPSA) is 101 Å². The number of ketones is 1. The Morgan fingerprint density at radius 3 is 2.25 bits per heavy atom. The van der Waals surface area contributed by atoms with E-state index in [2.05, 4.69) is 15.2 Å². The lowest BCUT2D eigenvalue weighted by atomic mass is 9.97. The monoisotopic (exact) mass is 563 g/mol. The van der Waals surface area contributed by atoms with Gasteiger partial charge in [-0.05, 0) is 67.1 Å². The van der Waals surface area contributed by atoms with E-state index in [1.807, 2.05) is 12.1 Å². The number of aryl methyl sites for hydroxylation is 1. The lowest BCUT2D eigenvalue weighted by molar-refractivity contribution is 0.0976. The zero-order valence-electron chi connectivity index (χ0n) is 18.8. The Morgan fingerprint density at radius 2 is 1.64 bits per heavy atom. The first-order chi connectivity index (χ1) is 17.1. The Morgan fingerprint density at radius 1 is 0.944 bits per heavy atom. The molecular formula is C25H20Cl3N3O4S. The molecule has 1 unspecified atom stereocenters. The Bertz CT molecular complexity index is 1490. The third-order valence-electron chi connectivity index (χ3n) is 5.28. The van der Waals surface area contributed by atoms with Gasteiger partial charge in [0.15, 0.2) is 11.6 Å². The first-order valence-electron chi connectivity index (χ1n) is 10.7. The molecular weight excluding hydrogens is 545 g/mol. The molecule has 0 saturated carbocycles. The molecule has 0 saturated heterocycles. The molecule has 0 fully saturated rings. The van der Waals surface area contributed by atoms with Gasteiger partial charge in [-0.15, -0.1) is 0 Å². The lowest BCUT2D eigenvalue weighted by Gasteiger charge is -2.20. The van der Waals surface area contributed by atoms with Crippen molar-refractivity contribution in [3.8, 4) is 0 Å². The van der Waals surface area contributed by atoms with Crippen LogP contribution in [0.1, 0.15) is 34.1 Å². The zero-order valence-corrected chi connectivity index (χ0v) is 21.9. The largest absolute Gasteiger partial charge is 0.378 e. The van der Waals surface area contributed by atoms with Crippen molar-refractivity contribution < 1.29 is 17.7 Å². The van der Waals surface area contributed by atoms with Crippen LogP contribution >= 0.6 is 34.8 Å². The Kier molecular flexibility index (Phi) is 7.90. The van der Waals surface area contributed by atoms with Crippen molar-refractivity contribution in [2.75, 3.05) is 10.0 Å². The first kappa shape index (κ1) is 26.0. The molecule has 0 amide bonds. The summed E-state index contributed by atoms with van der Waals surface area (Å²) in [6, 6.07) is 19.1. The number of nitrogens with zero attached hydrogens (tertiary/aromatic N) is 1. The van der Waals surface area contributed by atoms with Crippen molar-refractivity contribution >= 4 is 62.1 Å². The molecule has 1 heterocycles. The van der Waals surface area contributed by atoms with Gasteiger partial charge in [-0.25, -0.2) is 8.42 Å². The molecule has 1 aromatic heterocycles. The Balaban J connectivity index is 1.55. The van der Waals surface area contributed by atoms with Crippen LogP contribution in [-0.4, -0.2) is 19.4 Å². The molecule has 0 aliphatic carbocycles. The molecule has 186 valence electrons. The molecule has 7 nitrogen and oxygen atoms in total. The number of benzene rings is 3. The van der Waals surface area contributed by atoms with Crippen LogP contribution in [0.3, 0.4) is 0 Å². The Labute approximate surface area is 223 Å². The molecule has 0 aliphatic heterocycles. The van der Waals surface area contributed by atoms with Crippen LogP contribution in [0, 0.1) is 6.92 Å². The molecule has 0 aliphatic rings. The number of anilines is 2. The van der Waals surface area contributed by atoms with Gasteiger partial charge in [0.25, 0.3) is 10.0 Å². The highest BCUT2D eigenvalue weighted by Crippen LogP contribution is 2.29. The second-order valence-corrected chi connectivity index (χ2v) is 10.9. The molecule has 4 rings (SSSR count). The highest BCUT2D eigenvalue weighted by Gasteiger charge is 2.20. The maximum atomic E-state index is 13.0. The second kappa shape index (κ2) is 10.9. The summed E-state index contributed by atoms with van der Waals surface area (Å²) < 4.78 is 32.6. The number of sulfonamides is 1. The number of aromatic nitrogens is 1. The molecule has 2 N–H and O–H groups in total. The number of halogens is 3. The molecule has 4 aromatic rings. The van der Waals surface area contributed by atoms with E-state index in [0.717, 1.165) is 5.56 Å². The van der Waals surface area contributed by atoms with E-state index in [4.69, 9.17) is 39.3 Å². The number of hydrogen-bond acceptors (Lipinski definition) is 6. The van der Waals surface area contributed by atoms with Gasteiger partial charge < -0.3 is 9.84 Å². The standard InChI is InChI=1S/C25H20Cl3N3O4S/c1-15-12-25(30-35-15)31-36(33,34)20-9-7-19(8-10-20)29-23(16-2-5-18(26)6-3-16)14-24(32)17-4-11-21(27)22(28)13-17/h2-13,23,29H,14H2,1H3,(H,30,31). The summed E-state index contributed by atoms with van der Waals surface area (Å²) in [5.74, 6) is 0.432. The van der Waals surface area contributed by atoms with Gasteiger partial charge in [0.05, 0.1) is 21.0 Å².